The molecule has 1 unspecified atom stereocenters. The first-order valence-electron chi connectivity index (χ1n) is 7.02. The molecule has 1 aromatic rings. The van der Waals surface area contributed by atoms with Crippen molar-refractivity contribution in [3.63, 3.8) is 0 Å². The zero-order chi connectivity index (χ0) is 13.5. The molecule has 4 heteroatoms. The van der Waals surface area contributed by atoms with E-state index in [4.69, 9.17) is 0 Å². The number of hydrogen-bond donors (Lipinski definition) is 1. The van der Waals surface area contributed by atoms with Crippen LogP contribution in [0.15, 0.2) is 25.6 Å². The van der Waals surface area contributed by atoms with Gasteiger partial charge in [0.1, 0.15) is 0 Å². The molecule has 2 aliphatic carbocycles. The quantitative estimate of drug-likeness (QED) is 0.541. The third kappa shape index (κ3) is 2.77. The third-order valence-corrected chi connectivity index (χ3v) is 6.55. The van der Waals surface area contributed by atoms with Crippen LogP contribution in [0.25, 0.3) is 0 Å². The summed E-state index contributed by atoms with van der Waals surface area (Å²) >= 11 is 10.9. The highest BCUT2D eigenvalue weighted by Gasteiger charge is 2.47. The Bertz CT molecular complexity index is 457. The Hall–Kier alpha value is 0.460. The summed E-state index contributed by atoms with van der Waals surface area (Å²) in [6, 6.07) is 4.88. The first-order valence-corrected chi connectivity index (χ1v) is 9.40. The van der Waals surface area contributed by atoms with Gasteiger partial charge in [0.25, 0.3) is 0 Å². The second kappa shape index (κ2) is 5.69. The van der Waals surface area contributed by atoms with Gasteiger partial charge in [-0.25, -0.2) is 0 Å². The molecule has 0 saturated heterocycles. The van der Waals surface area contributed by atoms with Crippen LogP contribution in [-0.4, -0.2) is 6.04 Å². The zero-order valence-corrected chi connectivity index (χ0v) is 15.6. The van der Waals surface area contributed by atoms with E-state index in [1.165, 1.54) is 50.6 Å². The highest BCUT2D eigenvalue weighted by molar-refractivity contribution is 9.11. The second-order valence-electron chi connectivity index (χ2n) is 5.90. The Balaban J connectivity index is 1.79. The third-order valence-electron chi connectivity index (χ3n) is 4.84. The molecular formula is C15H18Br3N. The van der Waals surface area contributed by atoms with Crippen molar-refractivity contribution in [1.82, 2.24) is 0 Å². The van der Waals surface area contributed by atoms with Crippen molar-refractivity contribution in [1.29, 1.82) is 0 Å². The zero-order valence-electron chi connectivity index (χ0n) is 10.8. The number of rotatable bonds is 2. The standard InChI is InChI=1S/C15H18Br3N/c16-10-8-11(17)14(12(18)9-10)19-13-4-7-15(13)5-2-1-3-6-15/h8-9,13,19H,1-7H2. The Morgan fingerprint density at radius 1 is 0.947 bits per heavy atom. The first-order chi connectivity index (χ1) is 9.11. The van der Waals surface area contributed by atoms with E-state index >= 15 is 0 Å². The van der Waals surface area contributed by atoms with Gasteiger partial charge in [-0.3, -0.25) is 0 Å². The van der Waals surface area contributed by atoms with Crippen molar-refractivity contribution in [3.05, 3.63) is 25.6 Å². The molecule has 1 nitrogen and oxygen atoms in total. The lowest BCUT2D eigenvalue weighted by Crippen LogP contribution is -2.50. The highest BCUT2D eigenvalue weighted by Crippen LogP contribution is 2.53. The fourth-order valence-corrected chi connectivity index (χ4v) is 6.12. The van der Waals surface area contributed by atoms with Gasteiger partial charge in [-0.05, 0) is 75.1 Å². The van der Waals surface area contributed by atoms with Crippen LogP contribution >= 0.6 is 47.8 Å². The van der Waals surface area contributed by atoms with Crippen LogP contribution in [0.2, 0.25) is 0 Å². The molecule has 1 aromatic carbocycles. The fourth-order valence-electron chi connectivity index (χ4n) is 3.63. The van der Waals surface area contributed by atoms with E-state index in [-0.39, 0.29) is 0 Å². The summed E-state index contributed by atoms with van der Waals surface area (Å²) in [6.45, 7) is 0. The second-order valence-corrected chi connectivity index (χ2v) is 8.53. The minimum absolute atomic E-state index is 0.588. The smallest absolute Gasteiger partial charge is 0.0632 e. The van der Waals surface area contributed by atoms with E-state index in [9.17, 15) is 0 Å². The van der Waals surface area contributed by atoms with Crippen LogP contribution in [0, 0.1) is 5.41 Å². The monoisotopic (exact) mass is 449 g/mol. The lowest BCUT2D eigenvalue weighted by Gasteiger charge is -2.53. The topological polar surface area (TPSA) is 12.0 Å². The van der Waals surface area contributed by atoms with Crippen LogP contribution in [-0.2, 0) is 0 Å². The van der Waals surface area contributed by atoms with Gasteiger partial charge >= 0.3 is 0 Å². The molecule has 0 aromatic heterocycles. The number of halogens is 3. The minimum Gasteiger partial charge on any atom is -0.380 e. The maximum Gasteiger partial charge on any atom is 0.0632 e. The molecule has 1 atom stereocenters. The van der Waals surface area contributed by atoms with Gasteiger partial charge < -0.3 is 5.32 Å². The van der Waals surface area contributed by atoms with Gasteiger partial charge in [-0.2, -0.15) is 0 Å². The van der Waals surface area contributed by atoms with Crippen molar-refractivity contribution in [2.75, 3.05) is 5.32 Å². The van der Waals surface area contributed by atoms with Gasteiger partial charge in [0.15, 0.2) is 0 Å². The van der Waals surface area contributed by atoms with E-state index in [0.717, 1.165) is 13.4 Å². The molecule has 104 valence electrons. The normalized spacial score (nSPS) is 25.1. The van der Waals surface area contributed by atoms with Crippen LogP contribution in [0.4, 0.5) is 5.69 Å². The average Bonchev–Trinajstić information content (AvgIpc) is 2.37. The van der Waals surface area contributed by atoms with Gasteiger partial charge in [-0.15, -0.1) is 0 Å². The molecule has 0 amide bonds. The highest BCUT2D eigenvalue weighted by atomic mass is 79.9. The molecule has 0 heterocycles. The Labute approximate surface area is 140 Å². The summed E-state index contributed by atoms with van der Waals surface area (Å²) in [7, 11) is 0. The van der Waals surface area contributed by atoms with Gasteiger partial charge in [0.05, 0.1) is 5.69 Å². The molecule has 3 rings (SSSR count). The molecule has 1 N–H and O–H groups in total. The Morgan fingerprint density at radius 2 is 1.58 bits per heavy atom. The van der Waals surface area contributed by atoms with Crippen LogP contribution in [0.5, 0.6) is 0 Å². The molecule has 0 radical (unpaired) electrons. The van der Waals surface area contributed by atoms with Crippen molar-refractivity contribution < 1.29 is 0 Å². The van der Waals surface area contributed by atoms with Crippen molar-refractivity contribution in [3.8, 4) is 0 Å². The molecular weight excluding hydrogens is 434 g/mol. The first kappa shape index (κ1) is 14.4. The van der Waals surface area contributed by atoms with E-state index in [1.54, 1.807) is 0 Å². The fraction of sp³-hybridized carbons (Fsp3) is 0.600. The lowest BCUT2D eigenvalue weighted by molar-refractivity contribution is 0.0571. The van der Waals surface area contributed by atoms with Gasteiger partial charge in [0, 0.05) is 19.5 Å². The summed E-state index contributed by atoms with van der Waals surface area (Å²) in [4.78, 5) is 0. The molecule has 0 aliphatic heterocycles. The largest absolute Gasteiger partial charge is 0.380 e. The number of anilines is 1. The SMILES string of the molecule is Brc1cc(Br)c(NC2CCC23CCCCC3)c(Br)c1. The number of benzene rings is 1. The summed E-state index contributed by atoms with van der Waals surface area (Å²) in [5.41, 5.74) is 1.79. The average molecular weight is 452 g/mol. The van der Waals surface area contributed by atoms with Crippen molar-refractivity contribution in [2.24, 2.45) is 5.41 Å². The van der Waals surface area contributed by atoms with E-state index in [2.05, 4.69) is 65.2 Å². The maximum atomic E-state index is 3.79. The van der Waals surface area contributed by atoms with Crippen molar-refractivity contribution >= 4 is 53.5 Å². The van der Waals surface area contributed by atoms with Gasteiger partial charge in [0.2, 0.25) is 0 Å². The molecule has 2 saturated carbocycles. The summed E-state index contributed by atoms with van der Waals surface area (Å²) in [5, 5.41) is 3.79. The molecule has 2 aliphatic rings. The molecule has 0 bridgehead atoms. The van der Waals surface area contributed by atoms with E-state index < -0.39 is 0 Å². The van der Waals surface area contributed by atoms with E-state index in [1.807, 2.05) is 0 Å². The maximum absolute atomic E-state index is 3.79. The van der Waals surface area contributed by atoms with Crippen LogP contribution in [0.1, 0.15) is 44.9 Å². The predicted molar refractivity (Wildman–Crippen MR) is 91.7 cm³/mol. The molecule has 1 spiro atoms. The molecule has 19 heavy (non-hydrogen) atoms. The summed E-state index contributed by atoms with van der Waals surface area (Å²) < 4.78 is 3.36. The minimum atomic E-state index is 0.588. The van der Waals surface area contributed by atoms with Crippen LogP contribution in [0.3, 0.4) is 0 Å². The number of nitrogens with one attached hydrogen (secondary N) is 1. The molecule has 2 fully saturated rings. The predicted octanol–water partition coefficient (Wildman–Crippen LogP) is 6.50. The van der Waals surface area contributed by atoms with Gasteiger partial charge in [-0.1, -0.05) is 35.2 Å². The number of hydrogen-bond acceptors (Lipinski definition) is 1. The Morgan fingerprint density at radius 3 is 2.11 bits per heavy atom. The summed E-state index contributed by atoms with van der Waals surface area (Å²) in [6.07, 6.45) is 9.82. The van der Waals surface area contributed by atoms with Crippen molar-refractivity contribution in [2.45, 2.75) is 51.0 Å². The van der Waals surface area contributed by atoms with Crippen LogP contribution < -0.4 is 5.32 Å². The van der Waals surface area contributed by atoms with E-state index in [0.29, 0.717) is 11.5 Å². The Kier molecular flexibility index (Phi) is 4.31. The summed E-state index contributed by atoms with van der Waals surface area (Å²) in [5.74, 6) is 0. The lowest BCUT2D eigenvalue weighted by atomic mass is 9.57.